The number of pyridine rings is 1. The Hall–Kier alpha value is -2.11. The van der Waals surface area contributed by atoms with E-state index in [1.165, 1.54) is 25.7 Å². The maximum Gasteiger partial charge on any atom is 0.317 e. The van der Waals surface area contributed by atoms with Gasteiger partial charge in [-0.3, -0.25) is 9.78 Å². The van der Waals surface area contributed by atoms with Crippen LogP contribution in [0.25, 0.3) is 0 Å². The number of nitrogens with zero attached hydrogens (tertiary/aromatic N) is 3. The summed E-state index contributed by atoms with van der Waals surface area (Å²) in [4.78, 5) is 33.0. The number of amides is 3. The highest BCUT2D eigenvalue weighted by molar-refractivity contribution is 5.94. The summed E-state index contributed by atoms with van der Waals surface area (Å²) >= 11 is 0. The van der Waals surface area contributed by atoms with Gasteiger partial charge in [0, 0.05) is 50.2 Å². The van der Waals surface area contributed by atoms with E-state index in [9.17, 15) is 9.59 Å². The molecule has 0 unspecified atom stereocenters. The summed E-state index contributed by atoms with van der Waals surface area (Å²) in [6, 6.07) is 3.59. The molecule has 0 spiro atoms. The molecule has 25 heavy (non-hydrogen) atoms. The first kappa shape index (κ1) is 16.4. The van der Waals surface area contributed by atoms with Crippen LogP contribution in [0.2, 0.25) is 0 Å². The summed E-state index contributed by atoms with van der Waals surface area (Å²) in [5, 5.41) is 3.16. The van der Waals surface area contributed by atoms with Crippen LogP contribution in [0.5, 0.6) is 0 Å². The van der Waals surface area contributed by atoms with Gasteiger partial charge in [-0.05, 0) is 56.1 Å². The van der Waals surface area contributed by atoms with Gasteiger partial charge in [-0.15, -0.1) is 0 Å². The van der Waals surface area contributed by atoms with E-state index < -0.39 is 0 Å². The third kappa shape index (κ3) is 4.30. The molecule has 1 atom stereocenters. The van der Waals surface area contributed by atoms with Crippen LogP contribution in [0.15, 0.2) is 24.5 Å². The number of nitrogens with one attached hydrogen (secondary N) is 1. The Morgan fingerprint density at radius 1 is 1.08 bits per heavy atom. The first-order valence-electron chi connectivity index (χ1n) is 9.44. The van der Waals surface area contributed by atoms with Crippen molar-refractivity contribution in [2.45, 2.75) is 38.1 Å². The Morgan fingerprint density at radius 2 is 1.72 bits per heavy atom. The molecule has 1 N–H and O–H groups in total. The third-order valence-corrected chi connectivity index (χ3v) is 5.37. The highest BCUT2D eigenvalue weighted by atomic mass is 16.2. The molecule has 2 heterocycles. The molecule has 1 aromatic rings. The summed E-state index contributed by atoms with van der Waals surface area (Å²) in [6.45, 7) is 3.08. The fraction of sp³-hybridized carbons (Fsp3) is 0.632. The van der Waals surface area contributed by atoms with Gasteiger partial charge in [0.25, 0.3) is 5.91 Å². The molecule has 134 valence electrons. The van der Waals surface area contributed by atoms with Gasteiger partial charge in [-0.1, -0.05) is 0 Å². The number of carbonyl (C=O) groups excluding carboxylic acids is 2. The van der Waals surface area contributed by atoms with Gasteiger partial charge in [0.05, 0.1) is 0 Å². The van der Waals surface area contributed by atoms with Crippen LogP contribution in [0.1, 0.15) is 42.5 Å². The van der Waals surface area contributed by atoms with E-state index in [2.05, 4.69) is 10.3 Å². The van der Waals surface area contributed by atoms with Crippen LogP contribution in [0.4, 0.5) is 4.79 Å². The number of rotatable bonds is 6. The second kappa shape index (κ2) is 7.02. The Balaban J connectivity index is 1.30. The molecule has 1 saturated heterocycles. The SMILES string of the molecule is O=C(N[C@H]1CCN(C(=O)c2ccncc2)C1)N(CC1CC1)CC1CC1. The first-order valence-corrected chi connectivity index (χ1v) is 9.44. The Labute approximate surface area is 148 Å². The van der Waals surface area contributed by atoms with Gasteiger partial charge in [0.15, 0.2) is 0 Å². The lowest BCUT2D eigenvalue weighted by Gasteiger charge is -2.25. The molecule has 0 aromatic carbocycles. The first-order chi connectivity index (χ1) is 12.2. The molecule has 0 bridgehead atoms. The number of carbonyl (C=O) groups is 2. The molecule has 0 radical (unpaired) electrons. The summed E-state index contributed by atoms with van der Waals surface area (Å²) in [6.07, 6.45) is 9.12. The number of likely N-dealkylation sites (tertiary alicyclic amines) is 1. The molecule has 6 nitrogen and oxygen atoms in total. The summed E-state index contributed by atoms with van der Waals surface area (Å²) in [5.41, 5.74) is 0.658. The van der Waals surface area contributed by atoms with Crippen molar-refractivity contribution in [1.29, 1.82) is 0 Å². The van der Waals surface area contributed by atoms with E-state index in [-0.39, 0.29) is 18.0 Å². The Bertz CT molecular complexity index is 614. The van der Waals surface area contributed by atoms with Crippen molar-refractivity contribution in [2.75, 3.05) is 26.2 Å². The average Bonchev–Trinajstić information content (AvgIpc) is 3.56. The normalized spacial score (nSPS) is 22.7. The second-order valence-corrected chi connectivity index (χ2v) is 7.71. The van der Waals surface area contributed by atoms with Crippen molar-refractivity contribution in [1.82, 2.24) is 20.1 Å². The van der Waals surface area contributed by atoms with Gasteiger partial charge < -0.3 is 15.1 Å². The predicted octanol–water partition coefficient (Wildman–Crippen LogP) is 2.13. The van der Waals surface area contributed by atoms with Crippen molar-refractivity contribution in [3.05, 3.63) is 30.1 Å². The lowest BCUT2D eigenvalue weighted by molar-refractivity contribution is 0.0788. The van der Waals surface area contributed by atoms with Crippen LogP contribution in [0, 0.1) is 11.8 Å². The minimum absolute atomic E-state index is 0.0203. The van der Waals surface area contributed by atoms with E-state index in [0.29, 0.717) is 30.5 Å². The molecular weight excluding hydrogens is 316 g/mol. The van der Waals surface area contributed by atoms with E-state index in [1.54, 1.807) is 24.5 Å². The number of urea groups is 1. The van der Waals surface area contributed by atoms with Crippen LogP contribution >= 0.6 is 0 Å². The molecular formula is C19H26N4O2. The molecule has 6 heteroatoms. The third-order valence-electron chi connectivity index (χ3n) is 5.37. The summed E-state index contributed by atoms with van der Waals surface area (Å²) in [5.74, 6) is 1.43. The molecule has 1 aliphatic heterocycles. The average molecular weight is 342 g/mol. The van der Waals surface area contributed by atoms with Gasteiger partial charge in [0.2, 0.25) is 0 Å². The Kier molecular flexibility index (Phi) is 4.59. The molecule has 3 amide bonds. The number of aromatic nitrogens is 1. The summed E-state index contributed by atoms with van der Waals surface area (Å²) < 4.78 is 0. The van der Waals surface area contributed by atoms with Crippen LogP contribution < -0.4 is 5.32 Å². The van der Waals surface area contributed by atoms with E-state index in [0.717, 1.165) is 19.5 Å². The fourth-order valence-corrected chi connectivity index (χ4v) is 3.47. The van der Waals surface area contributed by atoms with Crippen molar-refractivity contribution in [2.24, 2.45) is 11.8 Å². The van der Waals surface area contributed by atoms with Gasteiger partial charge in [-0.2, -0.15) is 0 Å². The summed E-state index contributed by atoms with van der Waals surface area (Å²) in [7, 11) is 0. The van der Waals surface area contributed by atoms with E-state index in [1.807, 2.05) is 9.80 Å². The number of hydrogen-bond acceptors (Lipinski definition) is 3. The number of hydrogen-bond donors (Lipinski definition) is 1. The fourth-order valence-electron chi connectivity index (χ4n) is 3.47. The highest BCUT2D eigenvalue weighted by Gasteiger charge is 2.34. The topological polar surface area (TPSA) is 65.5 Å². The van der Waals surface area contributed by atoms with Gasteiger partial charge in [0.1, 0.15) is 0 Å². The quantitative estimate of drug-likeness (QED) is 0.861. The van der Waals surface area contributed by atoms with Crippen molar-refractivity contribution in [3.8, 4) is 0 Å². The predicted molar refractivity (Wildman–Crippen MR) is 94.1 cm³/mol. The minimum Gasteiger partial charge on any atom is -0.337 e. The van der Waals surface area contributed by atoms with Gasteiger partial charge >= 0.3 is 6.03 Å². The lowest BCUT2D eigenvalue weighted by atomic mass is 10.2. The zero-order chi connectivity index (χ0) is 17.2. The zero-order valence-corrected chi connectivity index (χ0v) is 14.6. The molecule has 2 saturated carbocycles. The largest absolute Gasteiger partial charge is 0.337 e. The molecule has 2 aliphatic carbocycles. The minimum atomic E-state index is 0.0203. The van der Waals surface area contributed by atoms with E-state index >= 15 is 0 Å². The lowest BCUT2D eigenvalue weighted by Crippen LogP contribution is -2.47. The molecule has 3 fully saturated rings. The van der Waals surface area contributed by atoms with Crippen molar-refractivity contribution in [3.63, 3.8) is 0 Å². The van der Waals surface area contributed by atoms with Crippen LogP contribution in [0.3, 0.4) is 0 Å². The second-order valence-electron chi connectivity index (χ2n) is 7.71. The highest BCUT2D eigenvalue weighted by Crippen LogP contribution is 2.33. The zero-order valence-electron chi connectivity index (χ0n) is 14.6. The maximum atomic E-state index is 12.7. The Morgan fingerprint density at radius 3 is 2.32 bits per heavy atom. The monoisotopic (exact) mass is 342 g/mol. The van der Waals surface area contributed by atoms with Crippen molar-refractivity contribution >= 4 is 11.9 Å². The van der Waals surface area contributed by atoms with Crippen LogP contribution in [-0.2, 0) is 0 Å². The van der Waals surface area contributed by atoms with Crippen molar-refractivity contribution < 1.29 is 9.59 Å². The van der Waals surface area contributed by atoms with E-state index in [4.69, 9.17) is 0 Å². The smallest absolute Gasteiger partial charge is 0.317 e. The standard InChI is InChI=1S/C19H26N4O2/c24-18(16-5-8-20-9-6-16)22-10-7-17(13-22)21-19(25)23(11-14-1-2-14)12-15-3-4-15/h5-6,8-9,14-15,17H,1-4,7,10-13H2,(H,21,25)/t17-/m0/s1. The molecule has 4 rings (SSSR count). The van der Waals surface area contributed by atoms with Crippen LogP contribution in [-0.4, -0.2) is 58.9 Å². The maximum absolute atomic E-state index is 12.7. The van der Waals surface area contributed by atoms with Gasteiger partial charge in [-0.25, -0.2) is 4.79 Å². The molecule has 1 aromatic heterocycles. The molecule has 3 aliphatic rings.